The van der Waals surface area contributed by atoms with E-state index in [4.69, 9.17) is 14.2 Å². The van der Waals surface area contributed by atoms with E-state index >= 15 is 0 Å². The fourth-order valence-electron chi connectivity index (χ4n) is 3.11. The van der Waals surface area contributed by atoms with Crippen LogP contribution in [-0.2, 0) is 0 Å². The van der Waals surface area contributed by atoms with Crippen LogP contribution in [0.15, 0.2) is 78.9 Å². The van der Waals surface area contributed by atoms with E-state index in [1.165, 1.54) is 0 Å². The first kappa shape index (κ1) is 16.3. The van der Waals surface area contributed by atoms with E-state index in [1.807, 2.05) is 60.7 Å². The van der Waals surface area contributed by atoms with E-state index in [2.05, 4.69) is 18.2 Å². The summed E-state index contributed by atoms with van der Waals surface area (Å²) in [4.78, 5) is 0. The maximum absolute atomic E-state index is 6.16. The largest absolute Gasteiger partial charge is 0.497 e. The highest BCUT2D eigenvalue weighted by Crippen LogP contribution is 2.36. The Morgan fingerprint density at radius 3 is 2.19 bits per heavy atom. The van der Waals surface area contributed by atoms with Gasteiger partial charge in [0.1, 0.15) is 30.5 Å². The van der Waals surface area contributed by atoms with Gasteiger partial charge >= 0.3 is 0 Å². The third-order valence-electron chi connectivity index (χ3n) is 4.36. The van der Waals surface area contributed by atoms with Gasteiger partial charge in [0.25, 0.3) is 0 Å². The molecule has 4 aromatic carbocycles. The highest BCUT2D eigenvalue weighted by molar-refractivity contribution is 6.05. The van der Waals surface area contributed by atoms with Crippen LogP contribution in [0.2, 0.25) is 0 Å². The van der Waals surface area contributed by atoms with E-state index in [9.17, 15) is 0 Å². The summed E-state index contributed by atoms with van der Waals surface area (Å²) in [5, 5.41) is 4.42. The molecule has 0 heterocycles. The monoisotopic (exact) mass is 344 g/mol. The molecule has 0 radical (unpaired) electrons. The van der Waals surface area contributed by atoms with Gasteiger partial charge in [-0.3, -0.25) is 0 Å². The lowest BCUT2D eigenvalue weighted by molar-refractivity contribution is 0.220. The van der Waals surface area contributed by atoms with Crippen LogP contribution in [-0.4, -0.2) is 20.3 Å². The number of para-hydroxylation sites is 1. The molecule has 0 unspecified atom stereocenters. The Morgan fingerprint density at radius 1 is 0.615 bits per heavy atom. The zero-order valence-electron chi connectivity index (χ0n) is 14.6. The molecule has 0 saturated carbocycles. The zero-order chi connectivity index (χ0) is 17.8. The highest BCUT2D eigenvalue weighted by Gasteiger charge is 2.10. The lowest BCUT2D eigenvalue weighted by atomic mass is 10.0. The van der Waals surface area contributed by atoms with Gasteiger partial charge in [0.2, 0.25) is 0 Å². The molecule has 0 atom stereocenters. The first-order valence-electron chi connectivity index (χ1n) is 8.65. The van der Waals surface area contributed by atoms with Crippen molar-refractivity contribution in [3.63, 3.8) is 0 Å². The van der Waals surface area contributed by atoms with Gasteiger partial charge in [-0.25, -0.2) is 0 Å². The predicted octanol–water partition coefficient (Wildman–Crippen LogP) is 5.46. The summed E-state index contributed by atoms with van der Waals surface area (Å²) in [5.74, 6) is 2.58. The van der Waals surface area contributed by atoms with E-state index in [-0.39, 0.29) is 0 Å². The maximum atomic E-state index is 6.16. The van der Waals surface area contributed by atoms with Crippen LogP contribution in [0.3, 0.4) is 0 Å². The summed E-state index contributed by atoms with van der Waals surface area (Å²) in [5.41, 5.74) is 0. The molecule has 3 heteroatoms. The first-order chi connectivity index (χ1) is 12.8. The first-order valence-corrected chi connectivity index (χ1v) is 8.65. The van der Waals surface area contributed by atoms with Crippen LogP contribution in [0, 0.1) is 0 Å². The quantitative estimate of drug-likeness (QED) is 0.343. The minimum Gasteiger partial charge on any atom is -0.497 e. The highest BCUT2D eigenvalue weighted by atomic mass is 16.5. The number of rotatable bonds is 6. The fraction of sp³-hybridized carbons (Fsp3) is 0.130. The molecule has 0 aliphatic carbocycles. The fourth-order valence-corrected chi connectivity index (χ4v) is 3.11. The van der Waals surface area contributed by atoms with Gasteiger partial charge in [0.15, 0.2) is 0 Å². The molecule has 0 spiro atoms. The lowest BCUT2D eigenvalue weighted by Gasteiger charge is -2.14. The van der Waals surface area contributed by atoms with Crippen molar-refractivity contribution in [2.75, 3.05) is 20.3 Å². The van der Waals surface area contributed by atoms with Gasteiger partial charge in [-0.2, -0.15) is 0 Å². The Hall–Kier alpha value is -3.20. The van der Waals surface area contributed by atoms with E-state index in [1.54, 1.807) is 7.11 Å². The lowest BCUT2D eigenvalue weighted by Crippen LogP contribution is -2.09. The normalized spacial score (nSPS) is 10.8. The molecule has 0 fully saturated rings. The molecule has 4 aromatic rings. The van der Waals surface area contributed by atoms with Crippen molar-refractivity contribution in [3.05, 3.63) is 78.9 Å². The molecule has 0 aliphatic heterocycles. The summed E-state index contributed by atoms with van der Waals surface area (Å²) in [7, 11) is 1.68. The minimum atomic E-state index is 0.476. The van der Waals surface area contributed by atoms with Gasteiger partial charge in [-0.15, -0.1) is 0 Å². The van der Waals surface area contributed by atoms with E-state index in [0.29, 0.717) is 13.2 Å². The molecule has 4 rings (SSSR count). The van der Waals surface area contributed by atoms with E-state index in [0.717, 1.165) is 38.8 Å². The van der Waals surface area contributed by atoms with Crippen LogP contribution in [0.5, 0.6) is 17.2 Å². The third kappa shape index (κ3) is 3.29. The van der Waals surface area contributed by atoms with Crippen molar-refractivity contribution >= 4 is 21.5 Å². The molecule has 0 saturated heterocycles. The number of ether oxygens (including phenoxy) is 3. The number of hydrogen-bond donors (Lipinski definition) is 0. The van der Waals surface area contributed by atoms with E-state index < -0.39 is 0 Å². The predicted molar refractivity (Wildman–Crippen MR) is 105 cm³/mol. The second kappa shape index (κ2) is 7.36. The summed E-state index contributed by atoms with van der Waals surface area (Å²) in [6.07, 6.45) is 0. The van der Waals surface area contributed by atoms with Crippen LogP contribution < -0.4 is 14.2 Å². The van der Waals surface area contributed by atoms with Crippen molar-refractivity contribution in [1.82, 2.24) is 0 Å². The molecule has 0 amide bonds. The van der Waals surface area contributed by atoms with Crippen molar-refractivity contribution in [1.29, 1.82) is 0 Å². The molecule has 26 heavy (non-hydrogen) atoms. The Morgan fingerprint density at radius 2 is 1.35 bits per heavy atom. The van der Waals surface area contributed by atoms with Gasteiger partial charge in [-0.1, -0.05) is 42.5 Å². The zero-order valence-corrected chi connectivity index (χ0v) is 14.6. The van der Waals surface area contributed by atoms with Crippen molar-refractivity contribution < 1.29 is 14.2 Å². The molecular formula is C23H20O3. The topological polar surface area (TPSA) is 27.7 Å². The van der Waals surface area contributed by atoms with Crippen LogP contribution in [0.4, 0.5) is 0 Å². The Bertz CT molecular complexity index is 1030. The second-order valence-corrected chi connectivity index (χ2v) is 6.02. The number of fused-ring (bicyclic) bond motifs is 2. The SMILES string of the molecule is COc1ccc2c(OCCOc3ccccc3)c3ccccc3cc2c1. The molecular weight excluding hydrogens is 324 g/mol. The van der Waals surface area contributed by atoms with Gasteiger partial charge < -0.3 is 14.2 Å². The Labute approximate surface area is 152 Å². The molecule has 0 aliphatic rings. The Kier molecular flexibility index (Phi) is 4.61. The van der Waals surface area contributed by atoms with Crippen molar-refractivity contribution in [3.8, 4) is 17.2 Å². The van der Waals surface area contributed by atoms with Gasteiger partial charge in [-0.05, 0) is 47.2 Å². The number of hydrogen-bond acceptors (Lipinski definition) is 3. The molecule has 130 valence electrons. The van der Waals surface area contributed by atoms with Gasteiger partial charge in [0.05, 0.1) is 7.11 Å². The maximum Gasteiger partial charge on any atom is 0.135 e. The van der Waals surface area contributed by atoms with Crippen LogP contribution >= 0.6 is 0 Å². The average Bonchev–Trinajstić information content (AvgIpc) is 2.70. The molecule has 3 nitrogen and oxygen atoms in total. The summed E-state index contributed by atoms with van der Waals surface area (Å²) in [6.45, 7) is 0.967. The molecule has 0 N–H and O–H groups in total. The van der Waals surface area contributed by atoms with Crippen molar-refractivity contribution in [2.24, 2.45) is 0 Å². The second-order valence-electron chi connectivity index (χ2n) is 6.02. The standard InChI is InChI=1S/C23H20O3/c1-24-20-11-12-22-18(16-20)15-17-7-5-6-10-21(17)23(22)26-14-13-25-19-8-3-2-4-9-19/h2-12,15-16H,13-14H2,1H3. The minimum absolute atomic E-state index is 0.476. The third-order valence-corrected chi connectivity index (χ3v) is 4.36. The Balaban J connectivity index is 1.63. The molecule has 0 aromatic heterocycles. The van der Waals surface area contributed by atoms with Crippen LogP contribution in [0.25, 0.3) is 21.5 Å². The summed E-state index contributed by atoms with van der Waals surface area (Å²) >= 11 is 0. The smallest absolute Gasteiger partial charge is 0.135 e. The van der Waals surface area contributed by atoms with Crippen LogP contribution in [0.1, 0.15) is 0 Å². The number of methoxy groups -OCH3 is 1. The average molecular weight is 344 g/mol. The summed E-state index contributed by atoms with van der Waals surface area (Å²) in [6, 6.07) is 26.3. The van der Waals surface area contributed by atoms with Gasteiger partial charge in [0, 0.05) is 10.8 Å². The summed E-state index contributed by atoms with van der Waals surface area (Å²) < 4.78 is 17.3. The number of benzene rings is 4. The van der Waals surface area contributed by atoms with Crippen molar-refractivity contribution in [2.45, 2.75) is 0 Å². The molecule has 0 bridgehead atoms.